The Morgan fingerprint density at radius 2 is 2.18 bits per heavy atom. The van der Waals surface area contributed by atoms with E-state index in [1.165, 1.54) is 16.9 Å². The Bertz CT molecular complexity index is 719. The third-order valence-electron chi connectivity index (χ3n) is 3.40. The Morgan fingerprint density at radius 1 is 1.41 bits per heavy atom. The van der Waals surface area contributed by atoms with Crippen LogP contribution < -0.4 is 10.1 Å². The highest BCUT2D eigenvalue weighted by molar-refractivity contribution is 7.73. The van der Waals surface area contributed by atoms with E-state index in [0.29, 0.717) is 16.9 Å². The number of amides is 1. The molecule has 0 saturated heterocycles. The number of H-pyrrole nitrogens is 1. The van der Waals surface area contributed by atoms with Crippen LogP contribution in [0.1, 0.15) is 21.7 Å². The van der Waals surface area contributed by atoms with E-state index in [4.69, 9.17) is 17.0 Å². The van der Waals surface area contributed by atoms with Crippen molar-refractivity contribution >= 4 is 29.5 Å². The maximum Gasteiger partial charge on any atom is 0.225 e. The summed E-state index contributed by atoms with van der Waals surface area (Å²) in [6.07, 6.45) is 1.12. The number of aromatic nitrogens is 1. The first-order valence-electron chi connectivity index (χ1n) is 7.08. The lowest BCUT2D eigenvalue weighted by Gasteiger charge is -2.10. The van der Waals surface area contributed by atoms with Gasteiger partial charge in [0.15, 0.2) is 3.95 Å². The number of aromatic amines is 1. The van der Waals surface area contributed by atoms with Crippen LogP contribution in [0.5, 0.6) is 5.75 Å². The number of aryl methyl sites for hydroxylation is 2. The van der Waals surface area contributed by atoms with Crippen LogP contribution in [0.2, 0.25) is 0 Å². The number of hydrogen-bond donors (Lipinski definition) is 2. The van der Waals surface area contributed by atoms with Crippen LogP contribution in [0.25, 0.3) is 0 Å². The fourth-order valence-electron chi connectivity index (χ4n) is 2.25. The largest absolute Gasteiger partial charge is 0.496 e. The van der Waals surface area contributed by atoms with Crippen molar-refractivity contribution < 1.29 is 9.53 Å². The Hall–Kier alpha value is -1.66. The third-order valence-corrected chi connectivity index (χ3v) is 4.73. The van der Waals surface area contributed by atoms with Crippen LogP contribution in [0.3, 0.4) is 0 Å². The molecule has 0 spiro atoms. The lowest BCUT2D eigenvalue weighted by atomic mass is 10.1. The fraction of sp³-hybridized carbons (Fsp3) is 0.375. The summed E-state index contributed by atoms with van der Waals surface area (Å²) >= 11 is 6.54. The molecule has 0 radical (unpaired) electrons. The summed E-state index contributed by atoms with van der Waals surface area (Å²) in [4.78, 5) is 16.1. The van der Waals surface area contributed by atoms with Gasteiger partial charge in [-0.2, -0.15) is 0 Å². The molecule has 1 aromatic carbocycles. The standard InChI is InChI=1S/C16H20N2O2S2/c1-10-4-5-13(20-3)12(8-10)6-7-17-15(19)9-14-11(2)18-16(21)22-14/h4-5,8H,6-7,9H2,1-3H3,(H,17,19)(H,18,21). The van der Waals surface area contributed by atoms with Crippen molar-refractivity contribution in [3.05, 3.63) is 43.9 Å². The highest BCUT2D eigenvalue weighted by Gasteiger charge is 2.09. The molecule has 0 atom stereocenters. The first-order chi connectivity index (χ1) is 10.5. The molecule has 2 aromatic rings. The van der Waals surface area contributed by atoms with Crippen LogP contribution in [-0.4, -0.2) is 24.5 Å². The molecule has 0 aliphatic rings. The number of rotatable bonds is 6. The first-order valence-corrected chi connectivity index (χ1v) is 8.31. The van der Waals surface area contributed by atoms with Gasteiger partial charge in [0.1, 0.15) is 5.75 Å². The molecule has 0 aliphatic carbocycles. The van der Waals surface area contributed by atoms with Crippen LogP contribution in [-0.2, 0) is 17.6 Å². The van der Waals surface area contributed by atoms with Gasteiger partial charge < -0.3 is 15.0 Å². The highest BCUT2D eigenvalue weighted by Crippen LogP contribution is 2.20. The maximum absolute atomic E-state index is 12.0. The molecule has 4 nitrogen and oxygen atoms in total. The molecule has 0 bridgehead atoms. The molecule has 0 aliphatic heterocycles. The van der Waals surface area contributed by atoms with E-state index in [-0.39, 0.29) is 5.91 Å². The van der Waals surface area contributed by atoms with E-state index in [9.17, 15) is 4.79 Å². The van der Waals surface area contributed by atoms with Crippen LogP contribution in [0.4, 0.5) is 0 Å². The third kappa shape index (κ3) is 4.42. The van der Waals surface area contributed by atoms with E-state index in [2.05, 4.69) is 16.4 Å². The second kappa shape index (κ2) is 7.56. The number of nitrogens with one attached hydrogen (secondary N) is 2. The van der Waals surface area contributed by atoms with Gasteiger partial charge in [0.05, 0.1) is 13.5 Å². The summed E-state index contributed by atoms with van der Waals surface area (Å²) in [5, 5.41) is 2.95. The normalized spacial score (nSPS) is 10.5. The zero-order valence-corrected chi connectivity index (χ0v) is 14.6. The minimum Gasteiger partial charge on any atom is -0.496 e. The summed E-state index contributed by atoms with van der Waals surface area (Å²) in [6, 6.07) is 6.07. The SMILES string of the molecule is COc1ccc(C)cc1CCNC(=O)Cc1sc(=S)[nH]c1C. The van der Waals surface area contributed by atoms with E-state index in [1.54, 1.807) is 7.11 Å². The smallest absolute Gasteiger partial charge is 0.225 e. The van der Waals surface area contributed by atoms with Crippen LogP contribution in [0.15, 0.2) is 18.2 Å². The molecular formula is C16H20N2O2S2. The molecule has 0 fully saturated rings. The van der Waals surface area contributed by atoms with E-state index in [0.717, 1.165) is 28.3 Å². The van der Waals surface area contributed by atoms with Crippen molar-refractivity contribution in [3.8, 4) is 5.75 Å². The number of carbonyl (C=O) groups is 1. The zero-order valence-electron chi connectivity index (χ0n) is 13.0. The van der Waals surface area contributed by atoms with Crippen molar-refractivity contribution in [2.75, 3.05) is 13.7 Å². The number of benzene rings is 1. The maximum atomic E-state index is 12.0. The second-order valence-corrected chi connectivity index (χ2v) is 6.93. The van der Waals surface area contributed by atoms with Gasteiger partial charge in [-0.3, -0.25) is 4.79 Å². The van der Waals surface area contributed by atoms with E-state index in [1.807, 2.05) is 26.0 Å². The molecule has 6 heteroatoms. The van der Waals surface area contributed by atoms with E-state index >= 15 is 0 Å². The molecular weight excluding hydrogens is 316 g/mol. The van der Waals surface area contributed by atoms with E-state index < -0.39 is 0 Å². The minimum atomic E-state index is 0.0139. The van der Waals surface area contributed by atoms with Crippen molar-refractivity contribution in [3.63, 3.8) is 0 Å². The lowest BCUT2D eigenvalue weighted by molar-refractivity contribution is -0.120. The quantitative estimate of drug-likeness (QED) is 0.796. The van der Waals surface area contributed by atoms with Crippen molar-refractivity contribution in [2.24, 2.45) is 0 Å². The summed E-state index contributed by atoms with van der Waals surface area (Å²) in [5.41, 5.74) is 3.27. The minimum absolute atomic E-state index is 0.0139. The second-order valence-electron chi connectivity index (χ2n) is 5.15. The summed E-state index contributed by atoms with van der Waals surface area (Å²) in [5.74, 6) is 0.874. The topological polar surface area (TPSA) is 54.1 Å². The Labute approximate surface area is 139 Å². The van der Waals surface area contributed by atoms with Gasteiger partial charge in [0.2, 0.25) is 5.91 Å². The van der Waals surface area contributed by atoms with Gasteiger partial charge in [0, 0.05) is 17.1 Å². The summed E-state index contributed by atoms with van der Waals surface area (Å²) < 4.78 is 6.06. The monoisotopic (exact) mass is 336 g/mol. The Morgan fingerprint density at radius 3 is 2.82 bits per heavy atom. The average Bonchev–Trinajstić information content (AvgIpc) is 2.77. The molecule has 2 rings (SSSR count). The lowest BCUT2D eigenvalue weighted by Crippen LogP contribution is -2.27. The highest BCUT2D eigenvalue weighted by atomic mass is 32.1. The Kier molecular flexibility index (Phi) is 5.74. The van der Waals surface area contributed by atoms with Crippen molar-refractivity contribution in [1.29, 1.82) is 0 Å². The first kappa shape index (κ1) is 16.7. The van der Waals surface area contributed by atoms with Crippen LogP contribution >= 0.6 is 23.6 Å². The van der Waals surface area contributed by atoms with Crippen molar-refractivity contribution in [2.45, 2.75) is 26.7 Å². The van der Waals surface area contributed by atoms with Gasteiger partial charge in [-0.1, -0.05) is 17.7 Å². The van der Waals surface area contributed by atoms with Gasteiger partial charge in [-0.05, 0) is 44.1 Å². The fourth-order valence-corrected chi connectivity index (χ4v) is 3.54. The molecule has 1 amide bonds. The number of carbonyl (C=O) groups excluding carboxylic acids is 1. The predicted molar refractivity (Wildman–Crippen MR) is 92.4 cm³/mol. The molecule has 1 heterocycles. The number of ether oxygens (including phenoxy) is 1. The molecule has 22 heavy (non-hydrogen) atoms. The Balaban J connectivity index is 1.88. The number of thiazole rings is 1. The van der Waals surface area contributed by atoms with Gasteiger partial charge in [-0.15, -0.1) is 11.3 Å². The number of hydrogen-bond acceptors (Lipinski definition) is 4. The zero-order chi connectivity index (χ0) is 16.1. The average molecular weight is 336 g/mol. The van der Waals surface area contributed by atoms with Crippen molar-refractivity contribution in [1.82, 2.24) is 10.3 Å². The molecule has 0 saturated carbocycles. The van der Waals surface area contributed by atoms with Gasteiger partial charge in [-0.25, -0.2) is 0 Å². The number of methoxy groups -OCH3 is 1. The van der Waals surface area contributed by atoms with Gasteiger partial charge in [0.25, 0.3) is 0 Å². The molecule has 1 aromatic heterocycles. The molecule has 118 valence electrons. The summed E-state index contributed by atoms with van der Waals surface area (Å²) in [7, 11) is 1.66. The van der Waals surface area contributed by atoms with Crippen LogP contribution in [0, 0.1) is 17.8 Å². The van der Waals surface area contributed by atoms with Gasteiger partial charge >= 0.3 is 0 Å². The molecule has 0 unspecified atom stereocenters. The summed E-state index contributed by atoms with van der Waals surface area (Å²) in [6.45, 7) is 4.57. The molecule has 2 N–H and O–H groups in total. The predicted octanol–water partition coefficient (Wildman–Crippen LogP) is 3.33.